The minimum atomic E-state index is -0.0166. The summed E-state index contributed by atoms with van der Waals surface area (Å²) in [7, 11) is 0. The Morgan fingerprint density at radius 1 is 1.00 bits per heavy atom. The molecule has 0 fully saturated rings. The van der Waals surface area contributed by atoms with Crippen molar-refractivity contribution in [1.82, 2.24) is 5.43 Å². The maximum Gasteiger partial charge on any atom is 0.184 e. The van der Waals surface area contributed by atoms with E-state index in [0.717, 1.165) is 28.2 Å². The Bertz CT molecular complexity index is 1190. The summed E-state index contributed by atoms with van der Waals surface area (Å²) < 4.78 is 0. The Morgan fingerprint density at radius 2 is 1.62 bits per heavy atom. The molecule has 0 spiro atoms. The summed E-state index contributed by atoms with van der Waals surface area (Å²) in [5, 5.41) is 5.30. The highest BCUT2D eigenvalue weighted by Gasteiger charge is 2.34. The predicted molar refractivity (Wildman–Crippen MR) is 158 cm³/mol. The summed E-state index contributed by atoms with van der Waals surface area (Å²) in [6, 6.07) is 18.1. The first kappa shape index (κ1) is 28.2. The smallest absolute Gasteiger partial charge is 0.184 e. The minimum absolute atomic E-state index is 0.0166. The molecule has 1 heterocycles. The molecule has 1 aliphatic heterocycles. The molecular formula is C33H43N3O. The van der Waals surface area contributed by atoms with Crippen LogP contribution in [-0.4, -0.2) is 11.8 Å². The molecule has 2 aromatic rings. The van der Waals surface area contributed by atoms with Gasteiger partial charge in [0.15, 0.2) is 5.78 Å². The number of hydrogen-bond donors (Lipinski definition) is 2. The number of carbonyl (C=O) groups excluding carboxylic acids is 1. The van der Waals surface area contributed by atoms with Gasteiger partial charge in [-0.15, -0.1) is 0 Å². The maximum atomic E-state index is 13.4. The van der Waals surface area contributed by atoms with Crippen molar-refractivity contribution in [1.29, 1.82) is 0 Å². The molecule has 4 heteroatoms. The van der Waals surface area contributed by atoms with Gasteiger partial charge in [0, 0.05) is 24.2 Å². The van der Waals surface area contributed by atoms with E-state index in [9.17, 15) is 4.79 Å². The quantitative estimate of drug-likeness (QED) is 0.345. The number of allylic oxidation sites excluding steroid dienone is 4. The highest BCUT2D eigenvalue weighted by atomic mass is 16.1. The second-order valence-corrected chi connectivity index (χ2v) is 12.1. The molecule has 0 aliphatic carbocycles. The number of rotatable bonds is 9. The molecular weight excluding hydrogens is 454 g/mol. The summed E-state index contributed by atoms with van der Waals surface area (Å²) >= 11 is 0. The summed E-state index contributed by atoms with van der Waals surface area (Å²) in [5.74, 6) is 0.0885. The van der Waals surface area contributed by atoms with E-state index in [1.807, 2.05) is 59.6 Å². The van der Waals surface area contributed by atoms with Crippen LogP contribution in [0.2, 0.25) is 0 Å². The van der Waals surface area contributed by atoms with Crippen LogP contribution in [0.5, 0.6) is 0 Å². The average molecular weight is 498 g/mol. The first-order valence-corrected chi connectivity index (χ1v) is 13.0. The Balaban J connectivity index is 1.65. The Hall–Kier alpha value is -3.37. The van der Waals surface area contributed by atoms with Crippen molar-refractivity contribution in [3.05, 3.63) is 108 Å². The summed E-state index contributed by atoms with van der Waals surface area (Å²) in [6.45, 7) is 23.6. The fraction of sp³-hybridized carbons (Fsp3) is 0.364. The molecule has 0 amide bonds. The van der Waals surface area contributed by atoms with Gasteiger partial charge in [0.1, 0.15) is 0 Å². The summed E-state index contributed by atoms with van der Waals surface area (Å²) in [6.07, 6.45) is 5.23. The third-order valence-electron chi connectivity index (χ3n) is 6.75. The first-order chi connectivity index (χ1) is 17.2. The van der Waals surface area contributed by atoms with Crippen molar-refractivity contribution in [3.63, 3.8) is 0 Å². The van der Waals surface area contributed by atoms with E-state index < -0.39 is 0 Å². The van der Waals surface area contributed by atoms with E-state index in [1.165, 1.54) is 5.57 Å². The van der Waals surface area contributed by atoms with E-state index in [1.54, 1.807) is 0 Å². The van der Waals surface area contributed by atoms with E-state index in [0.29, 0.717) is 18.5 Å². The largest absolute Gasteiger partial charge is 0.359 e. The summed E-state index contributed by atoms with van der Waals surface area (Å²) in [5.41, 5.74) is 10.4. The van der Waals surface area contributed by atoms with Crippen LogP contribution in [0.3, 0.4) is 0 Å². The van der Waals surface area contributed by atoms with Gasteiger partial charge in [0.2, 0.25) is 0 Å². The molecule has 0 bridgehead atoms. The Kier molecular flexibility index (Phi) is 8.65. The van der Waals surface area contributed by atoms with Gasteiger partial charge in [0.25, 0.3) is 0 Å². The zero-order chi connectivity index (χ0) is 27.4. The van der Waals surface area contributed by atoms with E-state index in [4.69, 9.17) is 0 Å². The van der Waals surface area contributed by atoms with Crippen molar-refractivity contribution in [2.24, 2.45) is 10.8 Å². The topological polar surface area (TPSA) is 44.4 Å². The molecule has 2 N–H and O–H groups in total. The molecule has 0 radical (unpaired) electrons. The molecule has 0 aromatic heterocycles. The number of ketones is 1. The van der Waals surface area contributed by atoms with Gasteiger partial charge in [-0.2, -0.15) is 0 Å². The maximum absolute atomic E-state index is 13.4. The van der Waals surface area contributed by atoms with Crippen LogP contribution in [-0.2, 0) is 11.2 Å². The molecule has 37 heavy (non-hydrogen) atoms. The molecule has 1 unspecified atom stereocenters. The Morgan fingerprint density at radius 3 is 2.19 bits per heavy atom. The molecule has 2 aromatic carbocycles. The lowest BCUT2D eigenvalue weighted by Crippen LogP contribution is -2.44. The van der Waals surface area contributed by atoms with Gasteiger partial charge in [-0.3, -0.25) is 9.80 Å². The average Bonchev–Trinajstić information content (AvgIpc) is 3.26. The molecule has 196 valence electrons. The second-order valence-electron chi connectivity index (χ2n) is 12.1. The standard InChI is InChI=1S/C33H43N3O/c1-23(19-24(2)32(4,5)6)20-25(3)34-27-17-15-26(16-18-27)21-30(37)29-22-31(33(7,8)9)35-36(29)28-13-11-10-12-14-28/h10-19,22,31,34-35H,1,3,20-21H2,2,4-9H3/b24-19+. The minimum Gasteiger partial charge on any atom is -0.359 e. The number of hydrogen-bond acceptors (Lipinski definition) is 4. The second kappa shape index (κ2) is 11.4. The van der Waals surface area contributed by atoms with Gasteiger partial charge < -0.3 is 5.32 Å². The molecule has 0 saturated heterocycles. The van der Waals surface area contributed by atoms with Gasteiger partial charge in [-0.25, -0.2) is 5.43 Å². The van der Waals surface area contributed by atoms with Crippen LogP contribution in [0.15, 0.2) is 102 Å². The van der Waals surface area contributed by atoms with Crippen LogP contribution < -0.4 is 15.8 Å². The van der Waals surface area contributed by atoms with Crippen LogP contribution in [0, 0.1) is 10.8 Å². The number of carbonyl (C=O) groups is 1. The van der Waals surface area contributed by atoms with Crippen LogP contribution in [0.1, 0.15) is 60.5 Å². The zero-order valence-electron chi connectivity index (χ0n) is 23.6. The summed E-state index contributed by atoms with van der Waals surface area (Å²) in [4.78, 5) is 13.4. The molecule has 3 rings (SSSR count). The van der Waals surface area contributed by atoms with Gasteiger partial charge in [-0.05, 0) is 59.2 Å². The number of nitrogens with zero attached hydrogens (tertiary/aromatic N) is 1. The lowest BCUT2D eigenvalue weighted by atomic mass is 9.86. The van der Waals surface area contributed by atoms with Crippen molar-refractivity contribution < 1.29 is 4.79 Å². The number of anilines is 2. The molecule has 1 atom stereocenters. The highest BCUT2D eigenvalue weighted by molar-refractivity contribution is 6.00. The van der Waals surface area contributed by atoms with Gasteiger partial charge in [0.05, 0.1) is 17.4 Å². The van der Waals surface area contributed by atoms with Crippen LogP contribution in [0.4, 0.5) is 11.4 Å². The first-order valence-electron chi connectivity index (χ1n) is 13.0. The normalized spacial score (nSPS) is 16.4. The molecule has 0 saturated carbocycles. The lowest BCUT2D eigenvalue weighted by molar-refractivity contribution is -0.115. The molecule has 1 aliphatic rings. The number of benzene rings is 2. The number of para-hydroxylation sites is 1. The van der Waals surface area contributed by atoms with Crippen molar-refractivity contribution in [2.45, 2.75) is 67.3 Å². The third kappa shape index (κ3) is 7.80. The Labute approximate surface area is 223 Å². The highest BCUT2D eigenvalue weighted by Crippen LogP contribution is 2.31. The monoisotopic (exact) mass is 497 g/mol. The fourth-order valence-electron chi connectivity index (χ4n) is 4.01. The van der Waals surface area contributed by atoms with Crippen LogP contribution in [0.25, 0.3) is 0 Å². The lowest BCUT2D eigenvalue weighted by Gasteiger charge is -2.29. The van der Waals surface area contributed by atoms with Crippen molar-refractivity contribution in [2.75, 3.05) is 10.3 Å². The fourth-order valence-corrected chi connectivity index (χ4v) is 4.01. The van der Waals surface area contributed by atoms with Crippen molar-refractivity contribution in [3.8, 4) is 0 Å². The molecule has 4 nitrogen and oxygen atoms in total. The van der Waals surface area contributed by atoms with Crippen LogP contribution >= 0.6 is 0 Å². The SMILES string of the molecule is C=C(/C=C(\C)C(C)(C)C)CC(=C)Nc1ccc(CC(=O)C2=CC(C(C)(C)C)NN2c2ccccc2)cc1. The number of hydrazine groups is 1. The van der Waals surface area contributed by atoms with Gasteiger partial charge in [-0.1, -0.05) is 96.7 Å². The predicted octanol–water partition coefficient (Wildman–Crippen LogP) is 7.99. The third-order valence-corrected chi connectivity index (χ3v) is 6.75. The number of Topliss-reactive ketones (excluding diaryl/α,β-unsaturated/α-hetero) is 1. The zero-order valence-corrected chi connectivity index (χ0v) is 23.6. The van der Waals surface area contributed by atoms with E-state index in [-0.39, 0.29) is 22.7 Å². The van der Waals surface area contributed by atoms with E-state index >= 15 is 0 Å². The van der Waals surface area contributed by atoms with Crippen molar-refractivity contribution >= 4 is 17.2 Å². The number of nitrogens with one attached hydrogen (secondary N) is 2. The van der Waals surface area contributed by atoms with Gasteiger partial charge >= 0.3 is 0 Å². The van der Waals surface area contributed by atoms with E-state index in [2.05, 4.69) is 84.5 Å².